The molecule has 3 aromatic rings. The number of benzene rings is 1. The van der Waals surface area contributed by atoms with E-state index in [9.17, 15) is 9.18 Å². The van der Waals surface area contributed by atoms with Gasteiger partial charge in [-0.2, -0.15) is 0 Å². The van der Waals surface area contributed by atoms with Gasteiger partial charge in [-0.05, 0) is 30.3 Å². The van der Waals surface area contributed by atoms with E-state index in [2.05, 4.69) is 10.3 Å². The third-order valence-electron chi connectivity index (χ3n) is 4.79. The molecule has 1 saturated heterocycles. The Morgan fingerprint density at radius 3 is 2.68 bits per heavy atom. The number of nitrogens with one attached hydrogen (secondary N) is 1. The molecule has 144 valence electrons. The maximum absolute atomic E-state index is 14.0. The van der Waals surface area contributed by atoms with Crippen LogP contribution in [0.25, 0.3) is 0 Å². The Kier molecular flexibility index (Phi) is 5.23. The summed E-state index contributed by atoms with van der Waals surface area (Å²) < 4.78 is 19.3. The fourth-order valence-corrected chi connectivity index (χ4v) is 3.30. The number of anilines is 2. The molecule has 2 aromatic heterocycles. The Morgan fingerprint density at radius 2 is 1.93 bits per heavy atom. The Bertz CT molecular complexity index is 937. The molecule has 4 rings (SSSR count). The average molecular weight is 380 g/mol. The zero-order chi connectivity index (χ0) is 19.3. The average Bonchev–Trinajstić information content (AvgIpc) is 3.26. The predicted molar refractivity (Wildman–Crippen MR) is 105 cm³/mol. The van der Waals surface area contributed by atoms with E-state index in [1.165, 1.54) is 6.07 Å². The number of aromatic nitrogens is 1. The molecule has 0 atom stereocenters. The monoisotopic (exact) mass is 380 g/mol. The molecule has 1 aliphatic rings. The summed E-state index contributed by atoms with van der Waals surface area (Å²) in [6.45, 7) is 2.79. The standard InChI is InChI=1S/C21H21FN4O2/c22-19-5-1-2-6-20(19)25-7-9-26(10-8-25)21(27)16-12-17(14-23-13-16)24-15-18-4-3-11-28-18/h1-6,11-14,24H,7-10,15H2. The third-order valence-corrected chi connectivity index (χ3v) is 4.79. The number of para-hydroxylation sites is 1. The molecule has 1 aromatic carbocycles. The van der Waals surface area contributed by atoms with Crippen molar-refractivity contribution in [3.63, 3.8) is 0 Å². The van der Waals surface area contributed by atoms with Crippen molar-refractivity contribution in [3.8, 4) is 0 Å². The molecule has 1 fully saturated rings. The molecule has 28 heavy (non-hydrogen) atoms. The summed E-state index contributed by atoms with van der Waals surface area (Å²) in [5, 5.41) is 3.20. The number of pyridine rings is 1. The molecular weight excluding hydrogens is 359 g/mol. The zero-order valence-electron chi connectivity index (χ0n) is 15.3. The highest BCUT2D eigenvalue weighted by Crippen LogP contribution is 2.21. The van der Waals surface area contributed by atoms with Crippen molar-refractivity contribution in [2.24, 2.45) is 0 Å². The fourth-order valence-electron chi connectivity index (χ4n) is 3.30. The van der Waals surface area contributed by atoms with Gasteiger partial charge in [-0.1, -0.05) is 12.1 Å². The van der Waals surface area contributed by atoms with Gasteiger partial charge in [-0.25, -0.2) is 4.39 Å². The van der Waals surface area contributed by atoms with Gasteiger partial charge in [0.15, 0.2) is 0 Å². The van der Waals surface area contributed by atoms with E-state index in [1.807, 2.05) is 23.1 Å². The van der Waals surface area contributed by atoms with Gasteiger partial charge in [-0.3, -0.25) is 9.78 Å². The number of rotatable bonds is 5. The van der Waals surface area contributed by atoms with Crippen molar-refractivity contribution in [2.45, 2.75) is 6.54 Å². The van der Waals surface area contributed by atoms with E-state index in [0.29, 0.717) is 44.0 Å². The van der Waals surface area contributed by atoms with Crippen molar-refractivity contribution in [1.29, 1.82) is 0 Å². The first-order valence-corrected chi connectivity index (χ1v) is 9.21. The molecule has 6 nitrogen and oxygen atoms in total. The smallest absolute Gasteiger partial charge is 0.255 e. The molecule has 0 radical (unpaired) electrons. The van der Waals surface area contributed by atoms with Crippen molar-refractivity contribution in [3.05, 3.63) is 78.3 Å². The van der Waals surface area contributed by atoms with Crippen LogP contribution in [-0.2, 0) is 6.54 Å². The van der Waals surface area contributed by atoms with E-state index in [1.54, 1.807) is 41.8 Å². The summed E-state index contributed by atoms with van der Waals surface area (Å²) in [7, 11) is 0. The Hall–Kier alpha value is -3.35. The predicted octanol–water partition coefficient (Wildman–Crippen LogP) is 3.39. The first-order chi connectivity index (χ1) is 13.7. The van der Waals surface area contributed by atoms with Crippen LogP contribution in [0.5, 0.6) is 0 Å². The lowest BCUT2D eigenvalue weighted by atomic mass is 10.2. The largest absolute Gasteiger partial charge is 0.467 e. The molecule has 1 N–H and O–H groups in total. The number of halogens is 1. The van der Waals surface area contributed by atoms with Gasteiger partial charge in [0, 0.05) is 38.6 Å². The minimum atomic E-state index is -0.234. The highest BCUT2D eigenvalue weighted by atomic mass is 19.1. The number of furan rings is 1. The van der Waals surface area contributed by atoms with Crippen molar-refractivity contribution in [2.75, 3.05) is 36.4 Å². The topological polar surface area (TPSA) is 61.6 Å². The fraction of sp³-hybridized carbons (Fsp3) is 0.238. The molecule has 3 heterocycles. The van der Waals surface area contributed by atoms with Gasteiger partial charge in [0.05, 0.1) is 29.7 Å². The summed E-state index contributed by atoms with van der Waals surface area (Å²) in [6.07, 6.45) is 4.87. The third kappa shape index (κ3) is 3.98. The van der Waals surface area contributed by atoms with Crippen LogP contribution in [0, 0.1) is 5.82 Å². The van der Waals surface area contributed by atoms with E-state index in [4.69, 9.17) is 4.42 Å². The second-order valence-corrected chi connectivity index (χ2v) is 6.63. The van der Waals surface area contributed by atoms with Crippen LogP contribution < -0.4 is 10.2 Å². The van der Waals surface area contributed by atoms with Gasteiger partial charge in [0.2, 0.25) is 0 Å². The maximum Gasteiger partial charge on any atom is 0.255 e. The van der Waals surface area contributed by atoms with Crippen LogP contribution >= 0.6 is 0 Å². The Balaban J connectivity index is 1.37. The summed E-state index contributed by atoms with van der Waals surface area (Å²) in [6, 6.07) is 12.2. The molecular formula is C21H21FN4O2. The molecule has 0 unspecified atom stereocenters. The minimum Gasteiger partial charge on any atom is -0.467 e. The lowest BCUT2D eigenvalue weighted by molar-refractivity contribution is 0.0746. The van der Waals surface area contributed by atoms with E-state index in [-0.39, 0.29) is 11.7 Å². The van der Waals surface area contributed by atoms with E-state index >= 15 is 0 Å². The molecule has 0 bridgehead atoms. The molecule has 0 aliphatic carbocycles. The zero-order valence-corrected chi connectivity index (χ0v) is 15.3. The molecule has 1 aliphatic heterocycles. The second kappa shape index (κ2) is 8.12. The van der Waals surface area contributed by atoms with E-state index < -0.39 is 0 Å². The van der Waals surface area contributed by atoms with Crippen LogP contribution in [0.4, 0.5) is 15.8 Å². The highest BCUT2D eigenvalue weighted by Gasteiger charge is 2.23. The van der Waals surface area contributed by atoms with Crippen LogP contribution in [0.1, 0.15) is 16.1 Å². The van der Waals surface area contributed by atoms with Crippen LogP contribution in [0.15, 0.2) is 65.5 Å². The number of carbonyl (C=O) groups excluding carboxylic acids is 1. The Morgan fingerprint density at radius 1 is 1.11 bits per heavy atom. The van der Waals surface area contributed by atoms with Gasteiger partial charge >= 0.3 is 0 Å². The molecule has 1 amide bonds. The summed E-state index contributed by atoms with van der Waals surface area (Å²) in [5.74, 6) is 0.505. The Labute approximate surface area is 162 Å². The van der Waals surface area contributed by atoms with Crippen molar-refractivity contribution < 1.29 is 13.6 Å². The van der Waals surface area contributed by atoms with Crippen molar-refractivity contribution >= 4 is 17.3 Å². The summed E-state index contributed by atoms with van der Waals surface area (Å²) >= 11 is 0. The highest BCUT2D eigenvalue weighted by molar-refractivity contribution is 5.95. The van der Waals surface area contributed by atoms with Gasteiger partial charge in [-0.15, -0.1) is 0 Å². The number of hydrogen-bond acceptors (Lipinski definition) is 5. The molecule has 0 saturated carbocycles. The van der Waals surface area contributed by atoms with E-state index in [0.717, 1.165) is 11.4 Å². The van der Waals surface area contributed by atoms with Crippen LogP contribution in [0.2, 0.25) is 0 Å². The lowest BCUT2D eigenvalue weighted by Gasteiger charge is -2.36. The SMILES string of the molecule is O=C(c1cncc(NCc2ccco2)c1)N1CCN(c2ccccc2F)CC1. The number of hydrogen-bond donors (Lipinski definition) is 1. The van der Waals surface area contributed by atoms with Crippen LogP contribution in [0.3, 0.4) is 0 Å². The summed E-state index contributed by atoms with van der Waals surface area (Å²) in [5.41, 5.74) is 1.87. The van der Waals surface area contributed by atoms with Crippen molar-refractivity contribution in [1.82, 2.24) is 9.88 Å². The maximum atomic E-state index is 14.0. The summed E-state index contributed by atoms with van der Waals surface area (Å²) in [4.78, 5) is 20.8. The van der Waals surface area contributed by atoms with Gasteiger partial charge < -0.3 is 19.5 Å². The number of nitrogens with zero attached hydrogens (tertiary/aromatic N) is 3. The van der Waals surface area contributed by atoms with Gasteiger partial charge in [0.1, 0.15) is 11.6 Å². The van der Waals surface area contributed by atoms with Crippen LogP contribution in [-0.4, -0.2) is 42.0 Å². The lowest BCUT2D eigenvalue weighted by Crippen LogP contribution is -2.49. The number of amides is 1. The minimum absolute atomic E-state index is 0.0673. The van der Waals surface area contributed by atoms with Gasteiger partial charge in [0.25, 0.3) is 5.91 Å². The quantitative estimate of drug-likeness (QED) is 0.735. The number of carbonyl (C=O) groups is 1. The second-order valence-electron chi connectivity index (χ2n) is 6.63. The number of piperazine rings is 1. The first kappa shape index (κ1) is 18.0. The first-order valence-electron chi connectivity index (χ1n) is 9.21. The normalized spacial score (nSPS) is 14.2. The molecule has 7 heteroatoms. The molecule has 0 spiro atoms.